The highest BCUT2D eigenvalue weighted by molar-refractivity contribution is 5.75. The van der Waals surface area contributed by atoms with Crippen molar-refractivity contribution in [2.24, 2.45) is 0 Å². The molecule has 6 heteroatoms. The first-order chi connectivity index (χ1) is 16.0. The fraction of sp³-hybridized carbons (Fsp3) is 0.481. The second-order valence-corrected chi connectivity index (χ2v) is 9.97. The molecule has 4 aliphatic carbocycles. The van der Waals surface area contributed by atoms with E-state index >= 15 is 0 Å². The monoisotopic (exact) mass is 447 g/mol. The van der Waals surface area contributed by atoms with Crippen LogP contribution in [0.25, 0.3) is 0 Å². The topological polar surface area (TPSA) is 49.4 Å². The number of piperidine rings is 1. The molecule has 0 aromatic heterocycles. The van der Waals surface area contributed by atoms with Crippen LogP contribution >= 0.6 is 0 Å². The van der Waals surface area contributed by atoms with Crippen LogP contribution in [0.5, 0.6) is 23.0 Å². The Morgan fingerprint density at radius 2 is 1.58 bits per heavy atom. The lowest BCUT2D eigenvalue weighted by molar-refractivity contribution is -0.145. The molecule has 5 atom stereocenters. The van der Waals surface area contributed by atoms with E-state index in [1.54, 1.807) is 28.4 Å². The number of likely N-dealkylation sites (N-methyl/N-ethyl adjacent to an activating group) is 1. The number of benzene rings is 2. The van der Waals surface area contributed by atoms with Crippen molar-refractivity contribution in [2.75, 3.05) is 42.0 Å². The van der Waals surface area contributed by atoms with Crippen LogP contribution in [0, 0.1) is 0 Å². The van der Waals surface area contributed by atoms with Gasteiger partial charge in [-0.1, -0.05) is 12.1 Å². The molecule has 2 spiro atoms. The normalized spacial score (nSPS) is 36.2. The molecule has 0 unspecified atom stereocenters. The minimum absolute atomic E-state index is 0.227. The molecule has 4 bridgehead atoms. The van der Waals surface area contributed by atoms with E-state index < -0.39 is 5.60 Å². The van der Waals surface area contributed by atoms with E-state index in [4.69, 9.17) is 23.7 Å². The summed E-state index contributed by atoms with van der Waals surface area (Å²) in [6.07, 6.45) is 6.32. The van der Waals surface area contributed by atoms with E-state index in [1.807, 2.05) is 12.1 Å². The van der Waals surface area contributed by atoms with Gasteiger partial charge in [0.2, 0.25) is 0 Å². The molecule has 8 rings (SSSR count). The first-order valence-electron chi connectivity index (χ1n) is 11.6. The fourth-order valence-electron chi connectivity index (χ4n) is 8.18. The largest absolute Gasteiger partial charge is 0.496 e. The molecule has 0 amide bonds. The summed E-state index contributed by atoms with van der Waals surface area (Å²) in [4.78, 5) is 2.52. The second-order valence-electron chi connectivity index (χ2n) is 9.97. The van der Waals surface area contributed by atoms with E-state index in [2.05, 4.69) is 36.2 Å². The number of methoxy groups -OCH3 is 4. The molecule has 33 heavy (non-hydrogen) atoms. The van der Waals surface area contributed by atoms with Gasteiger partial charge >= 0.3 is 0 Å². The quantitative estimate of drug-likeness (QED) is 0.671. The average molecular weight is 448 g/mol. The lowest BCUT2D eigenvalue weighted by atomic mass is 9.37. The second kappa shape index (κ2) is 6.05. The summed E-state index contributed by atoms with van der Waals surface area (Å²) in [6.45, 7) is 0.998. The van der Waals surface area contributed by atoms with Gasteiger partial charge in [0.05, 0.1) is 26.7 Å². The molecule has 1 fully saturated rings. The molecule has 0 radical (unpaired) electrons. The average Bonchev–Trinajstić information content (AvgIpc) is 3.22. The van der Waals surface area contributed by atoms with Crippen molar-refractivity contribution < 1.29 is 23.7 Å². The Bertz CT molecular complexity index is 1240. The van der Waals surface area contributed by atoms with Crippen LogP contribution in [0.1, 0.15) is 28.7 Å². The van der Waals surface area contributed by atoms with Gasteiger partial charge in [0.1, 0.15) is 17.6 Å². The number of hydrogen-bond donors (Lipinski definition) is 0. The summed E-state index contributed by atoms with van der Waals surface area (Å²) in [6, 6.07) is 8.59. The van der Waals surface area contributed by atoms with E-state index in [0.29, 0.717) is 0 Å². The Labute approximate surface area is 194 Å². The van der Waals surface area contributed by atoms with Crippen molar-refractivity contribution in [1.29, 1.82) is 0 Å². The fourth-order valence-corrected chi connectivity index (χ4v) is 8.18. The van der Waals surface area contributed by atoms with Crippen LogP contribution in [-0.2, 0) is 27.6 Å². The van der Waals surface area contributed by atoms with Crippen LogP contribution in [0.4, 0.5) is 0 Å². The van der Waals surface area contributed by atoms with Crippen molar-refractivity contribution >= 4 is 0 Å². The Morgan fingerprint density at radius 3 is 2.27 bits per heavy atom. The van der Waals surface area contributed by atoms with Crippen molar-refractivity contribution in [3.8, 4) is 23.0 Å². The predicted octanol–water partition coefficient (Wildman–Crippen LogP) is 3.33. The van der Waals surface area contributed by atoms with Crippen LogP contribution in [-0.4, -0.2) is 59.1 Å². The van der Waals surface area contributed by atoms with Crippen molar-refractivity contribution in [2.45, 2.75) is 41.4 Å². The van der Waals surface area contributed by atoms with E-state index in [-0.39, 0.29) is 23.0 Å². The zero-order chi connectivity index (χ0) is 22.8. The lowest BCUT2D eigenvalue weighted by Crippen LogP contribution is -2.77. The molecule has 2 aromatic rings. The molecular weight excluding hydrogens is 418 g/mol. The number of rotatable bonds is 4. The Morgan fingerprint density at radius 1 is 0.879 bits per heavy atom. The summed E-state index contributed by atoms with van der Waals surface area (Å²) >= 11 is 0. The number of hydrogen-bond acceptors (Lipinski definition) is 6. The van der Waals surface area contributed by atoms with E-state index in [1.165, 1.54) is 16.7 Å². The van der Waals surface area contributed by atoms with Crippen LogP contribution < -0.4 is 18.9 Å². The minimum Gasteiger partial charge on any atom is -0.496 e. The van der Waals surface area contributed by atoms with Gasteiger partial charge in [-0.3, -0.25) is 0 Å². The Hall–Kier alpha value is -2.70. The van der Waals surface area contributed by atoms with Gasteiger partial charge in [-0.2, -0.15) is 0 Å². The molecule has 172 valence electrons. The van der Waals surface area contributed by atoms with Crippen molar-refractivity contribution in [1.82, 2.24) is 4.90 Å². The van der Waals surface area contributed by atoms with Gasteiger partial charge in [0, 0.05) is 35.3 Å². The zero-order valence-electron chi connectivity index (χ0n) is 19.7. The highest BCUT2D eigenvalue weighted by Gasteiger charge is 2.79. The predicted molar refractivity (Wildman–Crippen MR) is 123 cm³/mol. The first kappa shape index (κ1) is 19.7. The van der Waals surface area contributed by atoms with Gasteiger partial charge in [-0.25, -0.2) is 0 Å². The summed E-state index contributed by atoms with van der Waals surface area (Å²) in [5.74, 6) is 3.36. The molecule has 1 saturated heterocycles. The van der Waals surface area contributed by atoms with Crippen LogP contribution in [0.2, 0.25) is 0 Å². The summed E-state index contributed by atoms with van der Waals surface area (Å²) in [5, 5.41) is 0. The third-order valence-corrected chi connectivity index (χ3v) is 9.32. The number of nitrogens with zero attached hydrogens (tertiary/aromatic N) is 1. The molecule has 0 saturated carbocycles. The highest BCUT2D eigenvalue weighted by atomic mass is 16.6. The molecule has 0 N–H and O–H groups in total. The van der Waals surface area contributed by atoms with E-state index in [9.17, 15) is 0 Å². The Kier molecular flexibility index (Phi) is 3.62. The first-order valence-corrected chi connectivity index (χ1v) is 11.6. The smallest absolute Gasteiger partial charge is 0.166 e. The standard InChI is InChI=1S/C27H29NO5/c1-28-13-12-26-20-15-6-7-18(31-4)23(20)33-24(26)27(32-5)11-10-25(26,19(28)14-15)21-16(29-2)8-9-17(30-3)22(21)27/h6-11,19,24H,12-14H2,1-5H3/t19-,24-,25+,26+,27-/m1/s1. The molecular formula is C27H29NO5. The SMILES string of the molecule is COc1ccc2c3c1O[C@@H]1[C@]34CCN(C)[C@H](C2)[C@]42C=C[C@@]1(OC)c1c(OC)ccc(OC)c12. The third-order valence-electron chi connectivity index (χ3n) is 9.32. The maximum Gasteiger partial charge on any atom is 0.166 e. The lowest BCUT2D eigenvalue weighted by Gasteiger charge is -2.69. The molecule has 2 heterocycles. The zero-order valence-corrected chi connectivity index (χ0v) is 19.7. The van der Waals surface area contributed by atoms with Crippen LogP contribution in [0.3, 0.4) is 0 Å². The van der Waals surface area contributed by atoms with Crippen molar-refractivity contribution in [3.05, 3.63) is 58.7 Å². The van der Waals surface area contributed by atoms with Gasteiger partial charge in [0.25, 0.3) is 0 Å². The van der Waals surface area contributed by atoms with Gasteiger partial charge in [-0.05, 0) is 56.3 Å². The maximum atomic E-state index is 6.97. The summed E-state index contributed by atoms with van der Waals surface area (Å²) in [5.41, 5.74) is 3.47. The third kappa shape index (κ3) is 1.79. The van der Waals surface area contributed by atoms with Crippen molar-refractivity contribution in [3.63, 3.8) is 0 Å². The Balaban J connectivity index is 1.69. The molecule has 6 aliphatic rings. The molecule has 2 aromatic carbocycles. The van der Waals surface area contributed by atoms with E-state index in [0.717, 1.165) is 47.9 Å². The highest BCUT2D eigenvalue weighted by Crippen LogP contribution is 2.75. The van der Waals surface area contributed by atoms with Gasteiger partial charge in [0.15, 0.2) is 17.1 Å². The van der Waals surface area contributed by atoms with Gasteiger partial charge in [-0.15, -0.1) is 0 Å². The summed E-state index contributed by atoms with van der Waals surface area (Å²) < 4.78 is 31.3. The molecule has 6 nitrogen and oxygen atoms in total. The number of ether oxygens (including phenoxy) is 5. The van der Waals surface area contributed by atoms with Gasteiger partial charge < -0.3 is 28.6 Å². The minimum atomic E-state index is -0.796. The number of likely N-dealkylation sites (tertiary alicyclic amines) is 1. The summed E-state index contributed by atoms with van der Waals surface area (Å²) in [7, 11) is 9.23. The maximum absolute atomic E-state index is 6.97. The van der Waals surface area contributed by atoms with Crippen LogP contribution in [0.15, 0.2) is 36.4 Å². The molecule has 2 aliphatic heterocycles.